The lowest BCUT2D eigenvalue weighted by atomic mass is 9.97. The van der Waals surface area contributed by atoms with Gasteiger partial charge in [-0.1, -0.05) is 13.8 Å². The molecule has 0 aliphatic heterocycles. The van der Waals surface area contributed by atoms with Gasteiger partial charge >= 0.3 is 15.6 Å². The van der Waals surface area contributed by atoms with Gasteiger partial charge in [-0.05, 0) is 17.5 Å². The third kappa shape index (κ3) is 3.24. The summed E-state index contributed by atoms with van der Waals surface area (Å²) in [6, 6.07) is 1.92. The van der Waals surface area contributed by atoms with Crippen molar-refractivity contribution in [2.75, 3.05) is 0 Å². The second-order valence-corrected chi connectivity index (χ2v) is 5.75. The van der Waals surface area contributed by atoms with E-state index in [9.17, 15) is 30.4 Å². The fraction of sp³-hybridized carbons (Fsp3) is 0.364. The number of alkyl halides is 3. The van der Waals surface area contributed by atoms with Crippen LogP contribution in [-0.2, 0) is 10.1 Å². The minimum absolute atomic E-state index is 0.177. The van der Waals surface area contributed by atoms with E-state index in [0.717, 1.165) is 0 Å². The zero-order chi connectivity index (χ0) is 16.6. The average Bonchev–Trinajstić information content (AvgIpc) is 2.32. The highest BCUT2D eigenvalue weighted by atomic mass is 32.2. The molecule has 0 saturated carbocycles. The van der Waals surface area contributed by atoms with E-state index in [1.54, 1.807) is 0 Å². The van der Waals surface area contributed by atoms with Crippen molar-refractivity contribution in [3.05, 3.63) is 28.8 Å². The predicted molar refractivity (Wildman–Crippen MR) is 60.8 cm³/mol. The third-order valence-electron chi connectivity index (χ3n) is 2.42. The first-order valence-electron chi connectivity index (χ1n) is 5.35. The molecule has 0 aliphatic carbocycles. The average molecular weight is 329 g/mol. The van der Waals surface area contributed by atoms with Crippen LogP contribution < -0.4 is 4.18 Å². The van der Waals surface area contributed by atoms with Crippen LogP contribution >= 0.6 is 0 Å². The topological polar surface area (TPSA) is 67.2 Å². The molecule has 0 saturated heterocycles. The first-order chi connectivity index (χ1) is 9.42. The Bertz CT molecular complexity index is 704. The molecule has 0 atom stereocenters. The van der Waals surface area contributed by atoms with Gasteiger partial charge in [-0.15, -0.1) is 0 Å². The van der Waals surface area contributed by atoms with Crippen LogP contribution in [-0.4, -0.2) is 13.9 Å². The van der Waals surface area contributed by atoms with Gasteiger partial charge in [-0.3, -0.25) is 0 Å². The van der Waals surface area contributed by atoms with Crippen LogP contribution in [0.5, 0.6) is 5.75 Å². The van der Waals surface area contributed by atoms with Gasteiger partial charge in [0.1, 0.15) is 6.07 Å². The normalized spacial score (nSPS) is 12.3. The predicted octanol–water partition coefficient (Wildman–Crippen LogP) is 3.19. The summed E-state index contributed by atoms with van der Waals surface area (Å²) >= 11 is 0. The van der Waals surface area contributed by atoms with E-state index in [0.29, 0.717) is 6.07 Å². The first-order valence-corrected chi connectivity index (χ1v) is 6.76. The minimum atomic E-state index is -6.14. The molecule has 0 radical (unpaired) electrons. The number of nitrogens with zero attached hydrogens (tertiary/aromatic N) is 1. The van der Waals surface area contributed by atoms with Crippen molar-refractivity contribution in [2.24, 2.45) is 0 Å². The van der Waals surface area contributed by atoms with E-state index in [4.69, 9.17) is 5.26 Å². The summed E-state index contributed by atoms with van der Waals surface area (Å²) in [5.41, 5.74) is -6.69. The Kier molecular flexibility index (Phi) is 4.48. The lowest BCUT2D eigenvalue weighted by Crippen LogP contribution is -2.28. The summed E-state index contributed by atoms with van der Waals surface area (Å²) in [4.78, 5) is 0. The molecule has 116 valence electrons. The molecule has 0 bridgehead atoms. The summed E-state index contributed by atoms with van der Waals surface area (Å²) in [5, 5.41) is 8.73. The van der Waals surface area contributed by atoms with Gasteiger partial charge in [0.2, 0.25) is 5.82 Å². The molecule has 0 spiro atoms. The van der Waals surface area contributed by atoms with Gasteiger partial charge in [-0.25, -0.2) is 4.39 Å². The fourth-order valence-electron chi connectivity index (χ4n) is 1.42. The number of rotatable bonds is 3. The summed E-state index contributed by atoms with van der Waals surface area (Å²) in [7, 11) is -6.14. The largest absolute Gasteiger partial charge is 0.534 e. The Balaban J connectivity index is 3.51. The zero-order valence-electron chi connectivity index (χ0n) is 10.6. The van der Waals surface area contributed by atoms with Crippen molar-refractivity contribution in [1.82, 2.24) is 0 Å². The maximum absolute atomic E-state index is 13.6. The monoisotopic (exact) mass is 329 g/mol. The Morgan fingerprint density at radius 1 is 1.24 bits per heavy atom. The van der Waals surface area contributed by atoms with Crippen molar-refractivity contribution in [1.29, 1.82) is 5.26 Å². The van der Waals surface area contributed by atoms with Crippen LogP contribution in [0, 0.1) is 23.0 Å². The molecular weight excluding hydrogens is 321 g/mol. The van der Waals surface area contributed by atoms with Crippen LogP contribution in [0.15, 0.2) is 6.07 Å². The standard InChI is InChI=1S/C11H8F5NO3S/c1-5(2)6-3-8(10(13)9(12)7(6)4-17)20-21(18,19)11(14,15)16/h3,5H,1-2H3. The highest BCUT2D eigenvalue weighted by Gasteiger charge is 2.49. The van der Waals surface area contributed by atoms with E-state index in [1.165, 1.54) is 19.9 Å². The Labute approximate surface area is 116 Å². The van der Waals surface area contributed by atoms with Crippen molar-refractivity contribution < 1.29 is 34.6 Å². The first kappa shape index (κ1) is 17.2. The summed E-state index contributed by atoms with van der Waals surface area (Å²) in [5.74, 6) is -5.78. The highest BCUT2D eigenvalue weighted by Crippen LogP contribution is 2.34. The molecule has 0 unspecified atom stereocenters. The van der Waals surface area contributed by atoms with Crippen molar-refractivity contribution in [2.45, 2.75) is 25.3 Å². The second-order valence-electron chi connectivity index (χ2n) is 4.22. The van der Waals surface area contributed by atoms with Crippen LogP contribution in [0.3, 0.4) is 0 Å². The molecule has 0 heterocycles. The minimum Gasteiger partial charge on any atom is -0.373 e. The summed E-state index contributed by atoms with van der Waals surface area (Å²) in [6.45, 7) is 2.91. The van der Waals surface area contributed by atoms with Crippen molar-refractivity contribution in [3.8, 4) is 11.8 Å². The Morgan fingerprint density at radius 2 is 1.76 bits per heavy atom. The molecule has 0 amide bonds. The third-order valence-corrected chi connectivity index (χ3v) is 3.39. The van der Waals surface area contributed by atoms with Gasteiger partial charge in [0.15, 0.2) is 11.6 Å². The van der Waals surface area contributed by atoms with Crippen molar-refractivity contribution >= 4 is 10.1 Å². The van der Waals surface area contributed by atoms with E-state index in [1.807, 2.05) is 0 Å². The molecule has 1 aromatic rings. The van der Waals surface area contributed by atoms with Crippen LogP contribution in [0.1, 0.15) is 30.9 Å². The van der Waals surface area contributed by atoms with Crippen LogP contribution in [0.2, 0.25) is 0 Å². The molecule has 1 aromatic carbocycles. The van der Waals surface area contributed by atoms with Crippen LogP contribution in [0.4, 0.5) is 22.0 Å². The molecule has 10 heteroatoms. The second kappa shape index (κ2) is 5.48. The van der Waals surface area contributed by atoms with E-state index in [2.05, 4.69) is 4.18 Å². The van der Waals surface area contributed by atoms with Crippen LogP contribution in [0.25, 0.3) is 0 Å². The summed E-state index contributed by atoms with van der Waals surface area (Å²) < 4.78 is 88.9. The lowest BCUT2D eigenvalue weighted by molar-refractivity contribution is -0.0501. The van der Waals surface area contributed by atoms with Gasteiger partial charge in [0.05, 0.1) is 5.56 Å². The molecule has 0 fully saturated rings. The summed E-state index contributed by atoms with van der Waals surface area (Å²) in [6.07, 6.45) is 0. The maximum Gasteiger partial charge on any atom is 0.534 e. The number of halogens is 5. The van der Waals surface area contributed by atoms with E-state index < -0.39 is 44.5 Å². The van der Waals surface area contributed by atoms with E-state index >= 15 is 0 Å². The Morgan fingerprint density at radius 3 is 2.14 bits per heavy atom. The molecule has 1 rings (SSSR count). The number of benzene rings is 1. The fourth-order valence-corrected chi connectivity index (χ4v) is 1.87. The molecular formula is C11H8F5NO3S. The molecule has 0 aromatic heterocycles. The number of hydrogen-bond acceptors (Lipinski definition) is 4. The molecule has 0 aliphatic rings. The van der Waals surface area contributed by atoms with Gasteiger partial charge in [0.25, 0.3) is 0 Å². The lowest BCUT2D eigenvalue weighted by Gasteiger charge is -2.14. The number of nitriles is 1. The molecule has 21 heavy (non-hydrogen) atoms. The SMILES string of the molecule is CC(C)c1cc(OS(=O)(=O)C(F)(F)F)c(F)c(F)c1C#N. The number of hydrogen-bond donors (Lipinski definition) is 0. The quantitative estimate of drug-likeness (QED) is 0.485. The smallest absolute Gasteiger partial charge is 0.373 e. The molecule has 0 N–H and O–H groups in total. The zero-order valence-corrected chi connectivity index (χ0v) is 11.4. The maximum atomic E-state index is 13.6. The van der Waals surface area contributed by atoms with E-state index in [-0.39, 0.29) is 5.56 Å². The van der Waals surface area contributed by atoms with Gasteiger partial charge in [-0.2, -0.15) is 31.2 Å². The highest BCUT2D eigenvalue weighted by molar-refractivity contribution is 7.88. The van der Waals surface area contributed by atoms with Gasteiger partial charge in [0, 0.05) is 0 Å². The van der Waals surface area contributed by atoms with Gasteiger partial charge < -0.3 is 4.18 Å². The Hall–Kier alpha value is -1.89. The molecule has 4 nitrogen and oxygen atoms in total. The van der Waals surface area contributed by atoms with Crippen molar-refractivity contribution in [3.63, 3.8) is 0 Å².